The molecule has 0 bridgehead atoms. The Morgan fingerprint density at radius 1 is 1.25 bits per heavy atom. The van der Waals surface area contributed by atoms with Gasteiger partial charge in [-0.05, 0) is 49.4 Å². The van der Waals surface area contributed by atoms with E-state index >= 15 is 0 Å². The number of hydrogen-bond donors (Lipinski definition) is 1. The van der Waals surface area contributed by atoms with Crippen LogP contribution in [0.5, 0.6) is 0 Å². The zero-order valence-electron chi connectivity index (χ0n) is 11.3. The van der Waals surface area contributed by atoms with Gasteiger partial charge in [0.15, 0.2) is 0 Å². The van der Waals surface area contributed by atoms with Gasteiger partial charge in [-0.2, -0.15) is 0 Å². The van der Waals surface area contributed by atoms with Crippen LogP contribution in [-0.2, 0) is 10.2 Å². The summed E-state index contributed by atoms with van der Waals surface area (Å²) < 4.78 is 13.3. The van der Waals surface area contributed by atoms with Crippen molar-refractivity contribution in [2.45, 2.75) is 31.1 Å². The van der Waals surface area contributed by atoms with Crippen LogP contribution in [0.3, 0.4) is 0 Å². The zero-order chi connectivity index (χ0) is 13.7. The van der Waals surface area contributed by atoms with Crippen LogP contribution in [-0.4, -0.2) is 28.9 Å². The van der Waals surface area contributed by atoms with Gasteiger partial charge in [0.2, 0.25) is 5.91 Å². The minimum Gasteiger partial charge on any atom is -0.361 e. The smallest absolute Gasteiger partial charge is 0.233 e. The summed E-state index contributed by atoms with van der Waals surface area (Å²) >= 11 is 0. The summed E-state index contributed by atoms with van der Waals surface area (Å²) in [7, 11) is 0. The highest BCUT2D eigenvalue weighted by Gasteiger charge is 2.54. The summed E-state index contributed by atoms with van der Waals surface area (Å²) in [5.74, 6) is 0.0156. The molecule has 1 aromatic heterocycles. The van der Waals surface area contributed by atoms with E-state index in [4.69, 9.17) is 0 Å². The van der Waals surface area contributed by atoms with Gasteiger partial charge < -0.3 is 9.88 Å². The average molecular weight is 272 g/mol. The van der Waals surface area contributed by atoms with E-state index in [-0.39, 0.29) is 17.1 Å². The Balaban J connectivity index is 1.76. The van der Waals surface area contributed by atoms with Crippen molar-refractivity contribution in [3.05, 3.63) is 35.8 Å². The lowest BCUT2D eigenvalue weighted by molar-refractivity contribution is -0.132. The van der Waals surface area contributed by atoms with Crippen LogP contribution in [0.4, 0.5) is 4.39 Å². The number of nitrogens with one attached hydrogen (secondary N) is 1. The van der Waals surface area contributed by atoms with Gasteiger partial charge in [-0.3, -0.25) is 4.79 Å². The first-order valence-corrected chi connectivity index (χ1v) is 7.27. The van der Waals surface area contributed by atoms with Gasteiger partial charge in [0.1, 0.15) is 5.82 Å². The Morgan fingerprint density at radius 2 is 2.00 bits per heavy atom. The number of amides is 1. The molecule has 1 amide bonds. The molecule has 1 aliphatic heterocycles. The molecule has 0 unspecified atom stereocenters. The van der Waals surface area contributed by atoms with Gasteiger partial charge >= 0.3 is 0 Å². The number of carbonyl (C=O) groups excluding carboxylic acids is 1. The van der Waals surface area contributed by atoms with E-state index in [2.05, 4.69) is 4.98 Å². The maximum absolute atomic E-state index is 13.3. The summed E-state index contributed by atoms with van der Waals surface area (Å²) in [6.45, 7) is 1.77. The second kappa shape index (κ2) is 4.08. The minimum absolute atomic E-state index is 0.249. The van der Waals surface area contributed by atoms with Crippen LogP contribution in [0, 0.1) is 5.82 Å². The molecule has 20 heavy (non-hydrogen) atoms. The van der Waals surface area contributed by atoms with Crippen LogP contribution in [0.15, 0.2) is 24.4 Å². The van der Waals surface area contributed by atoms with Crippen molar-refractivity contribution in [1.29, 1.82) is 0 Å². The third-order valence-corrected chi connectivity index (χ3v) is 4.71. The third kappa shape index (κ3) is 1.60. The highest BCUT2D eigenvalue weighted by atomic mass is 19.1. The van der Waals surface area contributed by atoms with Gasteiger partial charge in [-0.25, -0.2) is 4.39 Å². The molecule has 1 saturated carbocycles. The predicted octanol–water partition coefficient (Wildman–Crippen LogP) is 2.96. The number of H-pyrrole nitrogens is 1. The highest BCUT2D eigenvalue weighted by Crippen LogP contribution is 2.52. The van der Waals surface area contributed by atoms with Gasteiger partial charge in [0.25, 0.3) is 0 Å². The fraction of sp³-hybridized carbons (Fsp3) is 0.438. The van der Waals surface area contributed by atoms with E-state index in [1.54, 1.807) is 6.07 Å². The van der Waals surface area contributed by atoms with Crippen LogP contribution < -0.4 is 0 Å². The first-order valence-electron chi connectivity index (χ1n) is 7.27. The van der Waals surface area contributed by atoms with Crippen molar-refractivity contribution < 1.29 is 9.18 Å². The van der Waals surface area contributed by atoms with Gasteiger partial charge in [0, 0.05) is 30.2 Å². The first kappa shape index (κ1) is 11.9. The number of hydrogen-bond acceptors (Lipinski definition) is 1. The van der Waals surface area contributed by atoms with Crippen molar-refractivity contribution >= 4 is 16.8 Å². The fourth-order valence-corrected chi connectivity index (χ4v) is 3.44. The predicted molar refractivity (Wildman–Crippen MR) is 75.0 cm³/mol. The van der Waals surface area contributed by atoms with E-state index in [1.165, 1.54) is 12.1 Å². The Bertz CT molecular complexity index is 681. The standard InChI is InChI=1S/C16H17FN2O/c17-11-3-4-12-13(10-18-14(12)9-11)16(5-6-16)15(20)19-7-1-2-8-19/h3-4,9-10,18H,1-2,5-8H2. The fourth-order valence-electron chi connectivity index (χ4n) is 3.44. The van der Waals surface area contributed by atoms with E-state index in [9.17, 15) is 9.18 Å². The molecule has 0 spiro atoms. The molecular weight excluding hydrogens is 255 g/mol. The van der Waals surface area contributed by atoms with Crippen molar-refractivity contribution in [3.63, 3.8) is 0 Å². The van der Waals surface area contributed by atoms with Crippen LogP contribution >= 0.6 is 0 Å². The SMILES string of the molecule is O=C(N1CCCC1)C1(c2c[nH]c3cc(F)ccc23)CC1. The molecule has 1 aromatic carbocycles. The lowest BCUT2D eigenvalue weighted by atomic mass is 9.94. The summed E-state index contributed by atoms with van der Waals surface area (Å²) in [6.07, 6.45) is 5.94. The van der Waals surface area contributed by atoms with Crippen molar-refractivity contribution in [2.24, 2.45) is 0 Å². The second-order valence-electron chi connectivity index (χ2n) is 5.97. The van der Waals surface area contributed by atoms with Crippen LogP contribution in [0.1, 0.15) is 31.2 Å². The third-order valence-electron chi connectivity index (χ3n) is 4.71. The molecule has 2 fully saturated rings. The maximum atomic E-state index is 13.3. The molecule has 104 valence electrons. The van der Waals surface area contributed by atoms with Crippen LogP contribution in [0.2, 0.25) is 0 Å². The van der Waals surface area contributed by atoms with Crippen LogP contribution in [0.25, 0.3) is 10.9 Å². The minimum atomic E-state index is -0.347. The number of likely N-dealkylation sites (tertiary alicyclic amines) is 1. The average Bonchev–Trinajstić information content (AvgIpc) is 2.90. The lowest BCUT2D eigenvalue weighted by Gasteiger charge is -2.22. The molecule has 2 aliphatic rings. The van der Waals surface area contributed by atoms with Crippen molar-refractivity contribution in [3.8, 4) is 0 Å². The molecule has 2 aromatic rings. The Kier molecular flexibility index (Phi) is 2.43. The van der Waals surface area contributed by atoms with E-state index in [0.717, 1.165) is 55.2 Å². The molecular formula is C16H17FN2O. The second-order valence-corrected chi connectivity index (χ2v) is 5.97. The quantitative estimate of drug-likeness (QED) is 0.896. The van der Waals surface area contributed by atoms with Gasteiger partial charge in [-0.1, -0.05) is 0 Å². The molecule has 2 heterocycles. The molecule has 0 atom stereocenters. The molecule has 4 rings (SSSR count). The summed E-state index contributed by atoms with van der Waals surface area (Å²) in [6, 6.07) is 4.75. The summed E-state index contributed by atoms with van der Waals surface area (Å²) in [4.78, 5) is 17.9. The van der Waals surface area contributed by atoms with Crippen molar-refractivity contribution in [1.82, 2.24) is 9.88 Å². The zero-order valence-corrected chi connectivity index (χ0v) is 11.3. The van der Waals surface area contributed by atoms with E-state index in [1.807, 2.05) is 11.1 Å². The molecule has 3 nitrogen and oxygen atoms in total. The largest absolute Gasteiger partial charge is 0.361 e. The number of halogens is 1. The Labute approximate surface area is 116 Å². The van der Waals surface area contributed by atoms with Crippen molar-refractivity contribution in [2.75, 3.05) is 13.1 Å². The number of rotatable bonds is 2. The summed E-state index contributed by atoms with van der Waals surface area (Å²) in [5.41, 5.74) is 1.48. The number of nitrogens with zero attached hydrogens (tertiary/aromatic N) is 1. The van der Waals surface area contributed by atoms with Gasteiger partial charge in [-0.15, -0.1) is 0 Å². The lowest BCUT2D eigenvalue weighted by Crippen LogP contribution is -2.37. The maximum Gasteiger partial charge on any atom is 0.233 e. The molecule has 1 N–H and O–H groups in total. The number of fused-ring (bicyclic) bond motifs is 1. The molecule has 1 aliphatic carbocycles. The van der Waals surface area contributed by atoms with Gasteiger partial charge in [0.05, 0.1) is 5.41 Å². The highest BCUT2D eigenvalue weighted by molar-refractivity contribution is 5.97. The molecule has 4 heteroatoms. The Hall–Kier alpha value is -1.84. The summed E-state index contributed by atoms with van der Waals surface area (Å²) in [5, 5.41) is 0.983. The van der Waals surface area contributed by atoms with E-state index < -0.39 is 0 Å². The number of aromatic amines is 1. The first-order chi connectivity index (χ1) is 9.71. The Morgan fingerprint density at radius 3 is 2.70 bits per heavy atom. The number of carbonyl (C=O) groups is 1. The van der Waals surface area contributed by atoms with E-state index in [0.29, 0.717) is 0 Å². The number of benzene rings is 1. The molecule has 1 saturated heterocycles. The monoisotopic (exact) mass is 272 g/mol. The number of aromatic nitrogens is 1. The molecule has 0 radical (unpaired) electrons. The topological polar surface area (TPSA) is 36.1 Å². The normalized spacial score (nSPS) is 20.6.